The van der Waals surface area contributed by atoms with Crippen molar-refractivity contribution in [2.75, 3.05) is 7.11 Å². The Hall–Kier alpha value is -3.95. The van der Waals surface area contributed by atoms with Gasteiger partial charge in [0.2, 0.25) is 0 Å². The highest BCUT2D eigenvalue weighted by molar-refractivity contribution is 7.21. The summed E-state index contributed by atoms with van der Waals surface area (Å²) < 4.78 is 12.0. The minimum atomic E-state index is -0.469. The number of carbonyl (C=O) groups excluding carboxylic acids is 1. The van der Waals surface area contributed by atoms with E-state index in [-0.39, 0.29) is 12.3 Å². The zero-order valence-electron chi connectivity index (χ0n) is 17.9. The number of methoxy groups -OCH3 is 1. The Kier molecular flexibility index (Phi) is 7.05. The molecule has 0 aliphatic carbocycles. The molecule has 0 saturated carbocycles. The van der Waals surface area contributed by atoms with Gasteiger partial charge < -0.3 is 9.47 Å². The fraction of sp³-hybridized carbons (Fsp3) is 0.0833. The summed E-state index contributed by atoms with van der Waals surface area (Å²) in [5, 5.41) is 16.1. The predicted octanol–water partition coefficient (Wildman–Crippen LogP) is 5.81. The van der Waals surface area contributed by atoms with Gasteiger partial charge in [-0.2, -0.15) is 5.10 Å². The van der Waals surface area contributed by atoms with Crippen LogP contribution in [0.1, 0.15) is 20.8 Å². The molecule has 0 radical (unpaired) electrons. The molecular weight excluding hydrogens is 478 g/mol. The number of hydrogen-bond donors (Lipinski definition) is 1. The van der Waals surface area contributed by atoms with E-state index in [1.54, 1.807) is 19.2 Å². The number of ether oxygens (including phenoxy) is 2. The molecule has 1 heterocycles. The molecular formula is C24H18ClN3O5S. The fourth-order valence-corrected chi connectivity index (χ4v) is 4.60. The number of non-ortho nitro benzene ring substituents is 1. The molecule has 10 heteroatoms. The molecule has 0 saturated heterocycles. The van der Waals surface area contributed by atoms with Gasteiger partial charge in [0.1, 0.15) is 23.0 Å². The third kappa shape index (κ3) is 5.16. The number of amides is 1. The molecule has 0 spiro atoms. The maximum absolute atomic E-state index is 12.5. The molecule has 0 unspecified atom stereocenters. The third-order valence-corrected chi connectivity index (χ3v) is 6.54. The number of hydrazone groups is 1. The minimum Gasteiger partial charge on any atom is -0.496 e. The number of benzene rings is 3. The number of nitro benzene ring substituents is 1. The Bertz CT molecular complexity index is 1390. The van der Waals surface area contributed by atoms with E-state index in [9.17, 15) is 14.9 Å². The summed E-state index contributed by atoms with van der Waals surface area (Å²) in [6, 6.07) is 18.7. The average molecular weight is 496 g/mol. The first-order valence-electron chi connectivity index (χ1n) is 10.0. The number of hydrogen-bond acceptors (Lipinski definition) is 7. The van der Waals surface area contributed by atoms with Gasteiger partial charge >= 0.3 is 0 Å². The van der Waals surface area contributed by atoms with Crippen LogP contribution in [0.4, 0.5) is 5.69 Å². The van der Waals surface area contributed by atoms with Crippen molar-refractivity contribution in [3.63, 3.8) is 0 Å². The lowest BCUT2D eigenvalue weighted by Gasteiger charge is -2.11. The largest absolute Gasteiger partial charge is 0.496 e. The number of nitrogens with zero attached hydrogens (tertiary/aromatic N) is 2. The lowest BCUT2D eigenvalue weighted by Crippen LogP contribution is -2.16. The van der Waals surface area contributed by atoms with Crippen molar-refractivity contribution in [1.82, 2.24) is 5.43 Å². The monoisotopic (exact) mass is 495 g/mol. The highest BCUT2D eigenvalue weighted by Gasteiger charge is 2.16. The average Bonchev–Trinajstić information content (AvgIpc) is 3.19. The molecule has 34 heavy (non-hydrogen) atoms. The summed E-state index contributed by atoms with van der Waals surface area (Å²) in [6.45, 7) is 0.173. The molecule has 0 aliphatic rings. The first kappa shape index (κ1) is 23.2. The maximum atomic E-state index is 12.5. The van der Waals surface area contributed by atoms with Gasteiger partial charge in [-0.15, -0.1) is 11.3 Å². The highest BCUT2D eigenvalue weighted by Crippen LogP contribution is 2.35. The van der Waals surface area contributed by atoms with Gasteiger partial charge in [0, 0.05) is 27.8 Å². The number of fused-ring (bicyclic) bond motifs is 1. The van der Waals surface area contributed by atoms with Crippen LogP contribution in [0, 0.1) is 10.1 Å². The van der Waals surface area contributed by atoms with Crippen molar-refractivity contribution >= 4 is 50.8 Å². The van der Waals surface area contributed by atoms with Gasteiger partial charge in [-0.1, -0.05) is 29.8 Å². The van der Waals surface area contributed by atoms with E-state index >= 15 is 0 Å². The van der Waals surface area contributed by atoms with Crippen LogP contribution >= 0.6 is 22.9 Å². The summed E-state index contributed by atoms with van der Waals surface area (Å²) in [5.74, 6) is 0.706. The van der Waals surface area contributed by atoms with Crippen LogP contribution in [0.5, 0.6) is 11.5 Å². The number of nitrogens with one attached hydrogen (secondary N) is 1. The van der Waals surface area contributed by atoms with E-state index in [0.29, 0.717) is 27.0 Å². The van der Waals surface area contributed by atoms with Gasteiger partial charge in [-0.05, 0) is 42.0 Å². The van der Waals surface area contributed by atoms with E-state index < -0.39 is 10.8 Å². The SMILES string of the molecule is COc1ccc(/C=N\NC(=O)c2sc3ccccc3c2Cl)cc1COc1ccc([N+](=O)[O-])cc1. The van der Waals surface area contributed by atoms with Crippen molar-refractivity contribution in [2.45, 2.75) is 6.61 Å². The Morgan fingerprint density at radius 2 is 1.94 bits per heavy atom. The Labute approximate surface area is 203 Å². The van der Waals surface area contributed by atoms with Crippen molar-refractivity contribution in [2.24, 2.45) is 5.10 Å². The van der Waals surface area contributed by atoms with Gasteiger partial charge in [0.05, 0.1) is 23.3 Å². The van der Waals surface area contributed by atoms with Gasteiger partial charge in [-0.3, -0.25) is 14.9 Å². The summed E-state index contributed by atoms with van der Waals surface area (Å²) in [7, 11) is 1.55. The van der Waals surface area contributed by atoms with E-state index in [1.165, 1.54) is 41.8 Å². The summed E-state index contributed by atoms with van der Waals surface area (Å²) in [4.78, 5) is 23.2. The topological polar surface area (TPSA) is 103 Å². The van der Waals surface area contributed by atoms with Crippen LogP contribution in [0.3, 0.4) is 0 Å². The van der Waals surface area contributed by atoms with E-state index in [2.05, 4.69) is 10.5 Å². The van der Waals surface area contributed by atoms with Gasteiger partial charge in [-0.25, -0.2) is 5.43 Å². The van der Waals surface area contributed by atoms with Crippen LogP contribution in [0.25, 0.3) is 10.1 Å². The van der Waals surface area contributed by atoms with Crippen molar-refractivity contribution in [1.29, 1.82) is 0 Å². The lowest BCUT2D eigenvalue weighted by atomic mass is 10.1. The van der Waals surface area contributed by atoms with Crippen LogP contribution in [0.2, 0.25) is 5.02 Å². The predicted molar refractivity (Wildman–Crippen MR) is 132 cm³/mol. The zero-order valence-corrected chi connectivity index (χ0v) is 19.4. The lowest BCUT2D eigenvalue weighted by molar-refractivity contribution is -0.384. The van der Waals surface area contributed by atoms with Crippen molar-refractivity contribution in [3.8, 4) is 11.5 Å². The van der Waals surface area contributed by atoms with Crippen LogP contribution in [0.15, 0.2) is 71.8 Å². The highest BCUT2D eigenvalue weighted by atomic mass is 35.5. The second-order valence-electron chi connectivity index (χ2n) is 7.05. The second kappa shape index (κ2) is 10.3. The normalized spacial score (nSPS) is 11.0. The summed E-state index contributed by atoms with van der Waals surface area (Å²) in [6.07, 6.45) is 1.51. The smallest absolute Gasteiger partial charge is 0.283 e. The minimum absolute atomic E-state index is 0.0119. The standard InChI is InChI=1S/C24H18ClN3O5S/c1-32-20-11-6-15(12-16(20)14-33-18-9-7-17(8-10-18)28(30)31)13-26-27-24(29)23-22(25)19-4-2-3-5-21(19)34-23/h2-13H,14H2,1H3,(H,27,29)/b26-13-. The van der Waals surface area contributed by atoms with Crippen LogP contribution in [-0.4, -0.2) is 24.2 Å². The molecule has 1 amide bonds. The second-order valence-corrected chi connectivity index (χ2v) is 8.48. The molecule has 8 nitrogen and oxygen atoms in total. The number of carbonyl (C=O) groups is 1. The molecule has 1 aromatic heterocycles. The van der Waals surface area contributed by atoms with Gasteiger partial charge in [0.25, 0.3) is 11.6 Å². The Morgan fingerprint density at radius 1 is 1.18 bits per heavy atom. The molecule has 4 aromatic rings. The van der Waals surface area contributed by atoms with Crippen LogP contribution < -0.4 is 14.9 Å². The fourth-order valence-electron chi connectivity index (χ4n) is 3.19. The Morgan fingerprint density at radius 3 is 2.65 bits per heavy atom. The quantitative estimate of drug-likeness (QED) is 0.188. The van der Waals surface area contributed by atoms with Crippen LogP contribution in [-0.2, 0) is 6.61 Å². The first-order valence-corrected chi connectivity index (χ1v) is 11.2. The molecule has 1 N–H and O–H groups in total. The van der Waals surface area contributed by atoms with Crippen molar-refractivity contribution in [3.05, 3.63) is 97.9 Å². The molecule has 0 atom stereocenters. The number of halogens is 1. The molecule has 0 bridgehead atoms. The molecule has 4 rings (SSSR count). The van der Waals surface area contributed by atoms with E-state index in [0.717, 1.165) is 15.6 Å². The van der Waals surface area contributed by atoms with Crippen molar-refractivity contribution < 1.29 is 19.2 Å². The molecule has 0 aliphatic heterocycles. The number of rotatable bonds is 8. The zero-order chi connectivity index (χ0) is 24.1. The molecule has 172 valence electrons. The Balaban J connectivity index is 1.43. The molecule has 0 fully saturated rings. The number of nitro groups is 1. The third-order valence-electron chi connectivity index (χ3n) is 4.87. The van der Waals surface area contributed by atoms with E-state index in [4.69, 9.17) is 21.1 Å². The summed E-state index contributed by atoms with van der Waals surface area (Å²) in [5.41, 5.74) is 3.95. The molecule has 3 aromatic carbocycles. The number of thiophene rings is 1. The summed E-state index contributed by atoms with van der Waals surface area (Å²) >= 11 is 7.65. The maximum Gasteiger partial charge on any atom is 0.283 e. The first-order chi connectivity index (χ1) is 16.5. The van der Waals surface area contributed by atoms with E-state index in [1.807, 2.05) is 30.3 Å². The van der Waals surface area contributed by atoms with Gasteiger partial charge in [0.15, 0.2) is 0 Å².